The number of nitrogen functional groups attached to an aromatic ring is 1. The zero-order valence-corrected chi connectivity index (χ0v) is 11.8. The minimum absolute atomic E-state index is 0.00625. The van der Waals surface area contributed by atoms with Crippen LogP contribution in [0.4, 0.5) is 15.8 Å². The first-order valence-electron chi connectivity index (χ1n) is 6.06. The number of aliphatic hydroxyl groups excluding tert-OH is 1. The molecule has 2 unspecified atom stereocenters. The number of nitrogens with one attached hydrogen (secondary N) is 1. The number of anilines is 2. The van der Waals surface area contributed by atoms with Crippen LogP contribution in [0.15, 0.2) is 18.2 Å². The summed E-state index contributed by atoms with van der Waals surface area (Å²) in [7, 11) is 0. The zero-order valence-electron chi connectivity index (χ0n) is 11.0. The van der Waals surface area contributed by atoms with Crippen molar-refractivity contribution in [3.8, 4) is 0 Å². The van der Waals surface area contributed by atoms with E-state index in [0.29, 0.717) is 12.1 Å². The first-order valence-corrected chi connectivity index (χ1v) is 7.00. The molecular weight excluding hydrogens is 267 g/mol. The van der Waals surface area contributed by atoms with Crippen LogP contribution < -0.4 is 11.1 Å². The highest BCUT2D eigenvalue weighted by molar-refractivity contribution is 8.01. The second-order valence-electron chi connectivity index (χ2n) is 4.33. The van der Waals surface area contributed by atoms with E-state index in [4.69, 9.17) is 10.8 Å². The van der Waals surface area contributed by atoms with Crippen molar-refractivity contribution in [3.05, 3.63) is 24.0 Å². The molecule has 4 nitrogen and oxygen atoms in total. The summed E-state index contributed by atoms with van der Waals surface area (Å²) in [4.78, 5) is 11.9. The molecule has 0 fully saturated rings. The first kappa shape index (κ1) is 15.8. The summed E-state index contributed by atoms with van der Waals surface area (Å²) in [5.74, 6) is -0.669. The third-order valence-corrected chi connectivity index (χ3v) is 3.93. The molecule has 6 heteroatoms. The number of rotatable bonds is 6. The van der Waals surface area contributed by atoms with Gasteiger partial charge in [-0.05, 0) is 31.5 Å². The molecule has 106 valence electrons. The van der Waals surface area contributed by atoms with Crippen molar-refractivity contribution in [1.29, 1.82) is 0 Å². The second kappa shape index (κ2) is 7.35. The lowest BCUT2D eigenvalue weighted by Gasteiger charge is -2.16. The zero-order chi connectivity index (χ0) is 14.4. The normalized spacial score (nSPS) is 13.9. The van der Waals surface area contributed by atoms with E-state index in [2.05, 4.69) is 5.32 Å². The standard InChI is InChI=1S/C13H19FN2O2S/c1-8(5-6-17)19-9(2)13(18)16-10-3-4-11(14)12(15)7-10/h3-4,7-9,17H,5-6,15H2,1-2H3,(H,16,18). The molecule has 0 saturated heterocycles. The van der Waals surface area contributed by atoms with Gasteiger partial charge < -0.3 is 16.2 Å². The molecular formula is C13H19FN2O2S. The van der Waals surface area contributed by atoms with Gasteiger partial charge in [-0.2, -0.15) is 0 Å². The SMILES string of the molecule is CC(CCO)SC(C)C(=O)Nc1ccc(F)c(N)c1. The Kier molecular flexibility index (Phi) is 6.11. The molecule has 0 aliphatic carbocycles. The Balaban J connectivity index is 2.56. The molecule has 0 bridgehead atoms. The van der Waals surface area contributed by atoms with Crippen LogP contribution in [0.25, 0.3) is 0 Å². The van der Waals surface area contributed by atoms with E-state index >= 15 is 0 Å². The number of halogens is 1. The van der Waals surface area contributed by atoms with Crippen molar-refractivity contribution in [2.75, 3.05) is 17.7 Å². The number of nitrogens with two attached hydrogens (primary N) is 1. The molecule has 4 N–H and O–H groups in total. The van der Waals surface area contributed by atoms with Crippen LogP contribution in [0, 0.1) is 5.82 Å². The summed E-state index contributed by atoms with van der Waals surface area (Å²) in [6.45, 7) is 3.86. The van der Waals surface area contributed by atoms with Gasteiger partial charge >= 0.3 is 0 Å². The second-order valence-corrected chi connectivity index (χ2v) is 6.11. The highest BCUT2D eigenvalue weighted by atomic mass is 32.2. The van der Waals surface area contributed by atoms with Gasteiger partial charge in [0.2, 0.25) is 5.91 Å². The molecule has 0 aliphatic heterocycles. The van der Waals surface area contributed by atoms with E-state index in [9.17, 15) is 9.18 Å². The molecule has 0 aromatic heterocycles. The number of carbonyl (C=O) groups is 1. The van der Waals surface area contributed by atoms with Gasteiger partial charge in [0.25, 0.3) is 0 Å². The molecule has 0 spiro atoms. The van der Waals surface area contributed by atoms with Crippen LogP contribution in [0.2, 0.25) is 0 Å². The van der Waals surface area contributed by atoms with Gasteiger partial charge in [-0.1, -0.05) is 6.92 Å². The Hall–Kier alpha value is -1.27. The van der Waals surface area contributed by atoms with Crippen LogP contribution in [0.3, 0.4) is 0 Å². The molecule has 1 amide bonds. The summed E-state index contributed by atoms with van der Waals surface area (Å²) in [6, 6.07) is 4.08. The van der Waals surface area contributed by atoms with Gasteiger partial charge in [-0.15, -0.1) is 11.8 Å². The smallest absolute Gasteiger partial charge is 0.237 e. The topological polar surface area (TPSA) is 75.3 Å². The fourth-order valence-electron chi connectivity index (χ4n) is 1.53. The molecule has 0 radical (unpaired) electrons. The Labute approximate surface area is 116 Å². The lowest BCUT2D eigenvalue weighted by molar-refractivity contribution is -0.115. The van der Waals surface area contributed by atoms with Gasteiger partial charge in [0.15, 0.2) is 0 Å². The van der Waals surface area contributed by atoms with Crippen molar-refractivity contribution in [2.24, 2.45) is 0 Å². The van der Waals surface area contributed by atoms with Crippen molar-refractivity contribution in [3.63, 3.8) is 0 Å². The van der Waals surface area contributed by atoms with E-state index in [1.54, 1.807) is 6.92 Å². The van der Waals surface area contributed by atoms with Gasteiger partial charge in [0.05, 0.1) is 10.9 Å². The fourth-order valence-corrected chi connectivity index (χ4v) is 2.65. The van der Waals surface area contributed by atoms with E-state index in [0.717, 1.165) is 0 Å². The largest absolute Gasteiger partial charge is 0.396 e. The van der Waals surface area contributed by atoms with Gasteiger partial charge in [-0.3, -0.25) is 4.79 Å². The molecule has 0 aliphatic rings. The maximum Gasteiger partial charge on any atom is 0.237 e. The van der Waals surface area contributed by atoms with E-state index in [1.165, 1.54) is 30.0 Å². The number of amides is 1. The number of hydrogen-bond acceptors (Lipinski definition) is 4. The summed E-state index contributed by atoms with van der Waals surface area (Å²) in [5.41, 5.74) is 5.92. The van der Waals surface area contributed by atoms with Crippen LogP contribution >= 0.6 is 11.8 Å². The minimum atomic E-state index is -0.503. The molecule has 19 heavy (non-hydrogen) atoms. The predicted octanol–water partition coefficient (Wildman–Crippen LogP) is 2.24. The molecule has 1 aromatic rings. The van der Waals surface area contributed by atoms with Crippen LogP contribution in [0.1, 0.15) is 20.3 Å². The maximum atomic E-state index is 13.0. The number of carbonyl (C=O) groups excluding carboxylic acids is 1. The quantitative estimate of drug-likeness (QED) is 0.701. The van der Waals surface area contributed by atoms with E-state index < -0.39 is 5.82 Å². The number of aliphatic hydroxyl groups is 1. The van der Waals surface area contributed by atoms with Crippen LogP contribution in [-0.2, 0) is 4.79 Å². The lowest BCUT2D eigenvalue weighted by atomic mass is 10.2. The minimum Gasteiger partial charge on any atom is -0.396 e. The predicted molar refractivity (Wildman–Crippen MR) is 77.7 cm³/mol. The molecule has 2 atom stereocenters. The monoisotopic (exact) mass is 286 g/mol. The Morgan fingerprint density at radius 1 is 1.53 bits per heavy atom. The summed E-state index contributed by atoms with van der Waals surface area (Å²) in [6.07, 6.45) is 0.645. The van der Waals surface area contributed by atoms with Crippen molar-refractivity contribution < 1.29 is 14.3 Å². The molecule has 0 heterocycles. The third-order valence-electron chi connectivity index (χ3n) is 2.60. The Morgan fingerprint density at radius 3 is 2.79 bits per heavy atom. The van der Waals surface area contributed by atoms with Gasteiger partial charge in [-0.25, -0.2) is 4.39 Å². The molecule has 0 saturated carbocycles. The number of benzene rings is 1. The number of hydrogen-bond donors (Lipinski definition) is 3. The highest BCUT2D eigenvalue weighted by Crippen LogP contribution is 2.22. The van der Waals surface area contributed by atoms with Gasteiger partial charge in [0.1, 0.15) is 5.82 Å². The first-order chi connectivity index (χ1) is 8.93. The van der Waals surface area contributed by atoms with Crippen molar-refractivity contribution in [1.82, 2.24) is 0 Å². The van der Waals surface area contributed by atoms with Crippen molar-refractivity contribution >= 4 is 29.0 Å². The molecule has 1 rings (SSSR count). The van der Waals surface area contributed by atoms with Gasteiger partial charge in [0, 0.05) is 17.5 Å². The van der Waals surface area contributed by atoms with Crippen LogP contribution in [0.5, 0.6) is 0 Å². The summed E-state index contributed by atoms with van der Waals surface area (Å²) in [5, 5.41) is 11.4. The Morgan fingerprint density at radius 2 is 2.21 bits per heavy atom. The lowest BCUT2D eigenvalue weighted by Crippen LogP contribution is -2.24. The third kappa shape index (κ3) is 5.08. The summed E-state index contributed by atoms with van der Waals surface area (Å²) >= 11 is 1.48. The van der Waals surface area contributed by atoms with E-state index in [1.807, 2.05) is 6.92 Å². The number of thioether (sulfide) groups is 1. The van der Waals surface area contributed by atoms with E-state index in [-0.39, 0.29) is 28.7 Å². The van der Waals surface area contributed by atoms with Crippen LogP contribution in [-0.4, -0.2) is 28.1 Å². The van der Waals surface area contributed by atoms with Crippen molar-refractivity contribution in [2.45, 2.75) is 30.8 Å². The molecule has 1 aromatic carbocycles. The summed E-state index contributed by atoms with van der Waals surface area (Å²) < 4.78 is 13.0. The average molecular weight is 286 g/mol. The average Bonchev–Trinajstić information content (AvgIpc) is 2.34. The fraction of sp³-hybridized carbons (Fsp3) is 0.462. The Bertz CT molecular complexity index is 443. The highest BCUT2D eigenvalue weighted by Gasteiger charge is 2.17. The maximum absolute atomic E-state index is 13.0.